The first kappa shape index (κ1) is 9.46. The highest BCUT2D eigenvalue weighted by Crippen LogP contribution is 2.30. The molecule has 0 aromatic carbocycles. The van der Waals surface area contributed by atoms with Gasteiger partial charge in [0.25, 0.3) is 0 Å². The van der Waals surface area contributed by atoms with Gasteiger partial charge < -0.3 is 0 Å². The maximum absolute atomic E-state index is 12.1. The smallest absolute Gasteiger partial charge is 0.203 e. The summed E-state index contributed by atoms with van der Waals surface area (Å²) in [5, 5.41) is 0. The lowest BCUT2D eigenvalue weighted by Gasteiger charge is -2.14. The van der Waals surface area contributed by atoms with E-state index in [1.54, 1.807) is 0 Å². The second kappa shape index (κ2) is 3.03. The van der Waals surface area contributed by atoms with Gasteiger partial charge in [0.2, 0.25) is 0 Å². The van der Waals surface area contributed by atoms with Crippen LogP contribution in [-0.4, -0.2) is 12.3 Å². The zero-order valence-electron chi connectivity index (χ0n) is 5.67. The van der Waals surface area contributed by atoms with Crippen LogP contribution in [0.4, 0.5) is 17.6 Å². The number of alkyl halides is 4. The Morgan fingerprint density at radius 3 is 1.90 bits per heavy atom. The fraction of sp³-hybridized carbons (Fsp3) is 0.667. The second-order valence-corrected chi connectivity index (χ2v) is 1.90. The van der Waals surface area contributed by atoms with Gasteiger partial charge in [-0.2, -0.15) is 8.78 Å². The molecule has 0 aliphatic carbocycles. The Kier molecular flexibility index (Phi) is 2.87. The van der Waals surface area contributed by atoms with Crippen molar-refractivity contribution in [2.45, 2.75) is 26.2 Å². The standard InChI is InChI=1S/C6H8F4/c1-3-4(2)6(9,10)5(7)8/h3,5H,1-2H3/b4-3+. The summed E-state index contributed by atoms with van der Waals surface area (Å²) in [5.41, 5.74) is -0.595. The van der Waals surface area contributed by atoms with Gasteiger partial charge in [-0.3, -0.25) is 0 Å². The summed E-state index contributed by atoms with van der Waals surface area (Å²) in [6.07, 6.45) is -2.63. The van der Waals surface area contributed by atoms with Gasteiger partial charge in [0, 0.05) is 0 Å². The van der Waals surface area contributed by atoms with Crippen molar-refractivity contribution in [2.24, 2.45) is 0 Å². The summed E-state index contributed by atoms with van der Waals surface area (Å²) in [7, 11) is 0. The molecule has 0 bridgehead atoms. The Hall–Kier alpha value is -0.540. The highest BCUT2D eigenvalue weighted by molar-refractivity contribution is 5.09. The molecule has 0 aromatic rings. The zero-order chi connectivity index (χ0) is 8.36. The molecule has 0 aromatic heterocycles. The third kappa shape index (κ3) is 1.72. The lowest BCUT2D eigenvalue weighted by atomic mass is 10.1. The predicted octanol–water partition coefficient (Wildman–Crippen LogP) is 2.85. The SMILES string of the molecule is C/C=C(\C)C(F)(F)C(F)F. The van der Waals surface area contributed by atoms with E-state index in [-0.39, 0.29) is 0 Å². The summed E-state index contributed by atoms with van der Waals surface area (Å²) >= 11 is 0. The Bertz CT molecular complexity index is 137. The van der Waals surface area contributed by atoms with Crippen LogP contribution in [0.25, 0.3) is 0 Å². The molecule has 10 heavy (non-hydrogen) atoms. The largest absolute Gasteiger partial charge is 0.328 e. The molecule has 60 valence electrons. The molecule has 0 nitrogen and oxygen atoms in total. The molecular weight excluding hydrogens is 148 g/mol. The molecule has 0 atom stereocenters. The fourth-order valence-electron chi connectivity index (χ4n) is 0.365. The van der Waals surface area contributed by atoms with Gasteiger partial charge in [-0.25, -0.2) is 8.78 Å². The molecule has 0 heterocycles. The Labute approximate surface area is 56.5 Å². The lowest BCUT2D eigenvalue weighted by Crippen LogP contribution is -2.27. The minimum absolute atomic E-state index is 0.595. The topological polar surface area (TPSA) is 0 Å². The third-order valence-corrected chi connectivity index (χ3v) is 1.23. The average Bonchev–Trinajstić information content (AvgIpc) is 1.86. The number of halogens is 4. The Morgan fingerprint density at radius 2 is 1.80 bits per heavy atom. The molecule has 0 aliphatic heterocycles. The summed E-state index contributed by atoms with van der Waals surface area (Å²) in [6.45, 7) is 2.28. The quantitative estimate of drug-likeness (QED) is 0.426. The van der Waals surface area contributed by atoms with Crippen LogP contribution < -0.4 is 0 Å². The molecule has 0 unspecified atom stereocenters. The van der Waals surface area contributed by atoms with Crippen LogP contribution >= 0.6 is 0 Å². The van der Waals surface area contributed by atoms with E-state index in [4.69, 9.17) is 0 Å². The van der Waals surface area contributed by atoms with Crippen molar-refractivity contribution in [3.8, 4) is 0 Å². The molecule has 0 spiro atoms. The minimum Gasteiger partial charge on any atom is -0.203 e. The van der Waals surface area contributed by atoms with E-state index in [0.29, 0.717) is 0 Å². The molecule has 0 rings (SSSR count). The van der Waals surface area contributed by atoms with E-state index < -0.39 is 17.9 Å². The summed E-state index contributed by atoms with van der Waals surface area (Å²) in [5.74, 6) is -3.96. The molecule has 0 saturated heterocycles. The predicted molar refractivity (Wildman–Crippen MR) is 30.4 cm³/mol. The maximum Gasteiger partial charge on any atom is 0.328 e. The van der Waals surface area contributed by atoms with Gasteiger partial charge in [-0.1, -0.05) is 6.08 Å². The molecule has 0 amide bonds. The summed E-state index contributed by atoms with van der Waals surface area (Å²) < 4.78 is 47.2. The van der Waals surface area contributed by atoms with E-state index in [2.05, 4.69) is 0 Å². The Balaban J connectivity index is 4.40. The highest BCUT2D eigenvalue weighted by Gasteiger charge is 2.41. The number of hydrogen-bond acceptors (Lipinski definition) is 0. The molecule has 0 fully saturated rings. The molecule has 4 heteroatoms. The molecule has 0 radical (unpaired) electrons. The second-order valence-electron chi connectivity index (χ2n) is 1.90. The molecular formula is C6H8F4. The summed E-state index contributed by atoms with van der Waals surface area (Å²) in [6, 6.07) is 0. The first-order chi connectivity index (χ1) is 4.42. The van der Waals surface area contributed by atoms with Crippen molar-refractivity contribution < 1.29 is 17.6 Å². The van der Waals surface area contributed by atoms with Crippen LogP contribution in [0.1, 0.15) is 13.8 Å². The minimum atomic E-state index is -3.96. The van der Waals surface area contributed by atoms with Crippen molar-refractivity contribution in [1.82, 2.24) is 0 Å². The number of hydrogen-bond donors (Lipinski definition) is 0. The normalized spacial score (nSPS) is 14.5. The van der Waals surface area contributed by atoms with E-state index in [0.717, 1.165) is 13.0 Å². The Morgan fingerprint density at radius 1 is 1.40 bits per heavy atom. The molecule has 0 aliphatic rings. The fourth-order valence-corrected chi connectivity index (χ4v) is 0.365. The third-order valence-electron chi connectivity index (χ3n) is 1.23. The van der Waals surface area contributed by atoms with E-state index in [1.807, 2.05) is 0 Å². The number of rotatable bonds is 2. The van der Waals surface area contributed by atoms with Crippen molar-refractivity contribution in [3.05, 3.63) is 11.6 Å². The maximum atomic E-state index is 12.1. The molecule has 0 N–H and O–H groups in total. The van der Waals surface area contributed by atoms with Crippen LogP contribution in [0.3, 0.4) is 0 Å². The lowest BCUT2D eigenvalue weighted by molar-refractivity contribution is -0.0992. The van der Waals surface area contributed by atoms with Gasteiger partial charge >= 0.3 is 12.3 Å². The summed E-state index contributed by atoms with van der Waals surface area (Å²) in [4.78, 5) is 0. The average molecular weight is 156 g/mol. The van der Waals surface area contributed by atoms with Crippen LogP contribution in [0, 0.1) is 0 Å². The van der Waals surface area contributed by atoms with Gasteiger partial charge in [-0.15, -0.1) is 0 Å². The van der Waals surface area contributed by atoms with E-state index >= 15 is 0 Å². The monoisotopic (exact) mass is 156 g/mol. The highest BCUT2D eigenvalue weighted by atomic mass is 19.3. The first-order valence-electron chi connectivity index (χ1n) is 2.72. The van der Waals surface area contributed by atoms with Crippen LogP contribution in [0.2, 0.25) is 0 Å². The van der Waals surface area contributed by atoms with Crippen LogP contribution in [0.5, 0.6) is 0 Å². The van der Waals surface area contributed by atoms with Crippen molar-refractivity contribution in [1.29, 1.82) is 0 Å². The first-order valence-corrected chi connectivity index (χ1v) is 2.72. The van der Waals surface area contributed by atoms with Crippen molar-refractivity contribution >= 4 is 0 Å². The zero-order valence-corrected chi connectivity index (χ0v) is 5.67. The van der Waals surface area contributed by atoms with Gasteiger partial charge in [-0.05, 0) is 19.4 Å². The molecule has 0 saturated carbocycles. The van der Waals surface area contributed by atoms with E-state index in [1.165, 1.54) is 6.92 Å². The van der Waals surface area contributed by atoms with Crippen molar-refractivity contribution in [2.75, 3.05) is 0 Å². The van der Waals surface area contributed by atoms with Gasteiger partial charge in [0.05, 0.1) is 0 Å². The number of allylic oxidation sites excluding steroid dienone is 2. The van der Waals surface area contributed by atoms with E-state index in [9.17, 15) is 17.6 Å². The van der Waals surface area contributed by atoms with Gasteiger partial charge in [0.15, 0.2) is 0 Å². The van der Waals surface area contributed by atoms with Crippen LogP contribution in [0.15, 0.2) is 11.6 Å². The van der Waals surface area contributed by atoms with Crippen LogP contribution in [-0.2, 0) is 0 Å². The van der Waals surface area contributed by atoms with Gasteiger partial charge in [0.1, 0.15) is 0 Å². The van der Waals surface area contributed by atoms with Crippen molar-refractivity contribution in [3.63, 3.8) is 0 Å².